The van der Waals surface area contributed by atoms with Crippen LogP contribution in [0, 0.1) is 11.8 Å². The Morgan fingerprint density at radius 1 is 0.935 bits per heavy atom. The third kappa shape index (κ3) is 5.18. The van der Waals surface area contributed by atoms with Crippen molar-refractivity contribution in [1.82, 2.24) is 0 Å². The fraction of sp³-hybridized carbons (Fsp3) is 0.269. The zero-order valence-electron chi connectivity index (χ0n) is 18.1. The van der Waals surface area contributed by atoms with E-state index in [1.54, 1.807) is 20.8 Å². The Bertz CT molecular complexity index is 1010. The minimum Gasteiger partial charge on any atom is -0.465 e. The smallest absolute Gasteiger partial charge is 0.336 e. The van der Waals surface area contributed by atoms with Crippen molar-refractivity contribution >= 4 is 29.4 Å². The van der Waals surface area contributed by atoms with Gasteiger partial charge in [-0.3, -0.25) is 9.79 Å². The molecule has 0 amide bonds. The lowest BCUT2D eigenvalue weighted by molar-refractivity contribution is -0.146. The van der Waals surface area contributed by atoms with Gasteiger partial charge in [0, 0.05) is 17.2 Å². The van der Waals surface area contributed by atoms with Gasteiger partial charge in [-0.2, -0.15) is 0 Å². The minimum absolute atomic E-state index is 0.228. The highest BCUT2D eigenvalue weighted by Crippen LogP contribution is 2.38. The van der Waals surface area contributed by atoms with E-state index in [2.05, 4.69) is 4.99 Å². The van der Waals surface area contributed by atoms with Crippen LogP contribution in [-0.4, -0.2) is 30.9 Å². The van der Waals surface area contributed by atoms with Crippen LogP contribution in [0.15, 0.2) is 77.3 Å². The number of aliphatic imine (C=N–C) groups is 1. The van der Waals surface area contributed by atoms with Crippen LogP contribution in [0.25, 0.3) is 11.8 Å². The van der Waals surface area contributed by atoms with Gasteiger partial charge in [0.25, 0.3) is 0 Å². The molecule has 0 N–H and O–H groups in total. The minimum atomic E-state index is -0.702. The van der Waals surface area contributed by atoms with Gasteiger partial charge < -0.3 is 9.47 Å². The molecule has 160 valence electrons. The molecule has 1 aliphatic rings. The van der Waals surface area contributed by atoms with Crippen LogP contribution < -0.4 is 0 Å². The topological polar surface area (TPSA) is 65.0 Å². The number of esters is 2. The maximum atomic E-state index is 13.1. The third-order valence-corrected chi connectivity index (χ3v) is 5.06. The average Bonchev–Trinajstić information content (AvgIpc) is 2.78. The molecule has 0 saturated carbocycles. The van der Waals surface area contributed by atoms with Gasteiger partial charge in [0.2, 0.25) is 0 Å². The largest absolute Gasteiger partial charge is 0.465 e. The first-order valence-electron chi connectivity index (χ1n) is 10.5. The molecule has 1 heterocycles. The monoisotopic (exact) mass is 417 g/mol. The SMILES string of the molecule is CCOC(=O)C1=C(c2ccccc2)N=C(C)C(C(=O)OCC)C1C=Cc1ccccc1. The maximum Gasteiger partial charge on any atom is 0.336 e. The lowest BCUT2D eigenvalue weighted by Crippen LogP contribution is -2.37. The molecule has 5 nitrogen and oxygen atoms in total. The van der Waals surface area contributed by atoms with Gasteiger partial charge in [-0.1, -0.05) is 72.8 Å². The molecule has 2 unspecified atom stereocenters. The lowest BCUT2D eigenvalue weighted by atomic mass is 9.78. The summed E-state index contributed by atoms with van der Waals surface area (Å²) in [5.74, 6) is -2.15. The first kappa shape index (κ1) is 22.2. The summed E-state index contributed by atoms with van der Waals surface area (Å²) in [5.41, 5.74) is 3.26. The Kier molecular flexibility index (Phi) is 7.55. The van der Waals surface area contributed by atoms with Gasteiger partial charge in [0.1, 0.15) is 5.92 Å². The molecule has 31 heavy (non-hydrogen) atoms. The molecule has 2 aromatic carbocycles. The highest BCUT2D eigenvalue weighted by Gasteiger charge is 2.41. The second-order valence-corrected chi connectivity index (χ2v) is 7.13. The first-order valence-corrected chi connectivity index (χ1v) is 10.5. The van der Waals surface area contributed by atoms with Crippen LogP contribution >= 0.6 is 0 Å². The predicted octanol–water partition coefficient (Wildman–Crippen LogP) is 4.94. The van der Waals surface area contributed by atoms with Crippen molar-refractivity contribution in [3.63, 3.8) is 0 Å². The van der Waals surface area contributed by atoms with Gasteiger partial charge in [-0.25, -0.2) is 4.79 Å². The summed E-state index contributed by atoms with van der Waals surface area (Å²) < 4.78 is 10.7. The lowest BCUT2D eigenvalue weighted by Gasteiger charge is -2.30. The fourth-order valence-corrected chi connectivity index (χ4v) is 3.68. The number of allylic oxidation sites excluding steroid dienone is 1. The van der Waals surface area contributed by atoms with E-state index < -0.39 is 23.8 Å². The molecule has 3 rings (SSSR count). The first-order chi connectivity index (χ1) is 15.1. The number of nitrogens with zero attached hydrogens (tertiary/aromatic N) is 1. The second-order valence-electron chi connectivity index (χ2n) is 7.13. The van der Waals surface area contributed by atoms with Crippen LogP contribution in [-0.2, 0) is 19.1 Å². The second kappa shape index (κ2) is 10.5. The number of carbonyl (C=O) groups excluding carboxylic acids is 2. The Morgan fingerprint density at radius 3 is 2.16 bits per heavy atom. The number of benzene rings is 2. The summed E-state index contributed by atoms with van der Waals surface area (Å²) in [6, 6.07) is 19.2. The molecule has 0 radical (unpaired) electrons. The van der Waals surface area contributed by atoms with Crippen molar-refractivity contribution < 1.29 is 19.1 Å². The van der Waals surface area contributed by atoms with Crippen molar-refractivity contribution in [3.05, 3.63) is 83.4 Å². The van der Waals surface area contributed by atoms with Crippen LogP contribution in [0.4, 0.5) is 0 Å². The van der Waals surface area contributed by atoms with E-state index in [1.807, 2.05) is 72.8 Å². The van der Waals surface area contributed by atoms with Gasteiger partial charge in [0.15, 0.2) is 0 Å². The third-order valence-electron chi connectivity index (χ3n) is 5.06. The molecule has 0 bridgehead atoms. The molecule has 2 aromatic rings. The van der Waals surface area contributed by atoms with Crippen LogP contribution in [0.2, 0.25) is 0 Å². The number of carbonyl (C=O) groups is 2. The van der Waals surface area contributed by atoms with E-state index in [0.29, 0.717) is 17.0 Å². The normalized spacial score (nSPS) is 18.6. The molecule has 0 saturated heterocycles. The number of hydrogen-bond donors (Lipinski definition) is 0. The van der Waals surface area contributed by atoms with E-state index in [4.69, 9.17) is 9.47 Å². The van der Waals surface area contributed by atoms with Crippen LogP contribution in [0.5, 0.6) is 0 Å². The fourth-order valence-electron chi connectivity index (χ4n) is 3.68. The van der Waals surface area contributed by atoms with E-state index >= 15 is 0 Å². The van der Waals surface area contributed by atoms with Crippen LogP contribution in [0.1, 0.15) is 31.9 Å². The zero-order chi connectivity index (χ0) is 22.2. The Hall–Kier alpha value is -3.47. The van der Waals surface area contributed by atoms with Crippen molar-refractivity contribution in [2.75, 3.05) is 13.2 Å². The van der Waals surface area contributed by atoms with Crippen molar-refractivity contribution in [2.45, 2.75) is 20.8 Å². The summed E-state index contributed by atoms with van der Waals surface area (Å²) in [5, 5.41) is 0. The molecule has 1 aliphatic heterocycles. The van der Waals surface area contributed by atoms with E-state index in [-0.39, 0.29) is 13.2 Å². The van der Waals surface area contributed by atoms with Crippen molar-refractivity contribution in [3.8, 4) is 0 Å². The number of rotatable bonds is 7. The van der Waals surface area contributed by atoms with Crippen LogP contribution in [0.3, 0.4) is 0 Å². The Morgan fingerprint density at radius 2 is 1.55 bits per heavy atom. The average molecular weight is 418 g/mol. The molecular weight excluding hydrogens is 390 g/mol. The van der Waals surface area contributed by atoms with Crippen molar-refractivity contribution in [1.29, 1.82) is 0 Å². The van der Waals surface area contributed by atoms with Gasteiger partial charge in [0.05, 0.1) is 24.5 Å². The van der Waals surface area contributed by atoms with E-state index in [9.17, 15) is 9.59 Å². The summed E-state index contributed by atoms with van der Waals surface area (Å²) in [6.07, 6.45) is 3.79. The Balaban J connectivity index is 2.18. The summed E-state index contributed by atoms with van der Waals surface area (Å²) >= 11 is 0. The molecule has 2 atom stereocenters. The predicted molar refractivity (Wildman–Crippen MR) is 122 cm³/mol. The van der Waals surface area contributed by atoms with E-state index in [0.717, 1.165) is 11.1 Å². The number of hydrogen-bond acceptors (Lipinski definition) is 5. The van der Waals surface area contributed by atoms with E-state index in [1.165, 1.54) is 0 Å². The van der Waals surface area contributed by atoms with Crippen molar-refractivity contribution in [2.24, 2.45) is 16.8 Å². The van der Waals surface area contributed by atoms with Gasteiger partial charge in [-0.05, 0) is 26.3 Å². The quantitative estimate of drug-likeness (QED) is 0.598. The maximum absolute atomic E-state index is 13.1. The summed E-state index contributed by atoms with van der Waals surface area (Å²) in [4.78, 5) is 30.7. The molecule has 0 fully saturated rings. The van der Waals surface area contributed by atoms with Gasteiger partial charge >= 0.3 is 11.9 Å². The Labute approximate surface area is 183 Å². The standard InChI is InChI=1S/C26H27NO4/c1-4-30-25(28)22-18(3)27-24(20-14-10-7-11-15-20)23(26(29)31-5-2)21(22)17-16-19-12-8-6-9-13-19/h6-17,21-22H,4-5H2,1-3H3. The van der Waals surface area contributed by atoms with Gasteiger partial charge in [-0.15, -0.1) is 0 Å². The molecule has 0 spiro atoms. The number of ether oxygens (including phenoxy) is 2. The summed E-state index contributed by atoms with van der Waals surface area (Å²) in [6.45, 7) is 5.80. The highest BCUT2D eigenvalue weighted by atomic mass is 16.5. The molecule has 5 heteroatoms. The molecule has 0 aromatic heterocycles. The zero-order valence-corrected chi connectivity index (χ0v) is 18.1. The highest BCUT2D eigenvalue weighted by molar-refractivity contribution is 6.11. The molecule has 0 aliphatic carbocycles. The summed E-state index contributed by atoms with van der Waals surface area (Å²) in [7, 11) is 0. The molecular formula is C26H27NO4.